The maximum Gasteiger partial charge on any atom is 0.161 e. The van der Waals surface area contributed by atoms with Gasteiger partial charge in [0.2, 0.25) is 0 Å². The highest BCUT2D eigenvalue weighted by Crippen LogP contribution is 2.36. The van der Waals surface area contributed by atoms with Crippen LogP contribution in [0, 0.1) is 11.7 Å². The van der Waals surface area contributed by atoms with Crippen molar-refractivity contribution in [2.24, 2.45) is 5.92 Å². The summed E-state index contributed by atoms with van der Waals surface area (Å²) in [5, 5.41) is 3.32. The molecule has 32 heavy (non-hydrogen) atoms. The maximum atomic E-state index is 13.4. The van der Waals surface area contributed by atoms with E-state index in [1.165, 1.54) is 35.5 Å². The summed E-state index contributed by atoms with van der Waals surface area (Å²) in [6.07, 6.45) is 7.28. The Bertz CT molecular complexity index is 1270. The van der Waals surface area contributed by atoms with Gasteiger partial charge in [-0.25, -0.2) is 9.37 Å². The molecule has 162 valence electrons. The van der Waals surface area contributed by atoms with Gasteiger partial charge in [0.1, 0.15) is 5.82 Å². The van der Waals surface area contributed by atoms with Gasteiger partial charge in [0.25, 0.3) is 0 Å². The van der Waals surface area contributed by atoms with Gasteiger partial charge >= 0.3 is 0 Å². The van der Waals surface area contributed by atoms with Crippen molar-refractivity contribution < 1.29 is 4.39 Å². The van der Waals surface area contributed by atoms with Crippen LogP contribution in [-0.4, -0.2) is 40.8 Å². The number of hydrogen-bond donors (Lipinski definition) is 1. The molecule has 0 spiro atoms. The van der Waals surface area contributed by atoms with E-state index in [0.29, 0.717) is 5.92 Å². The summed E-state index contributed by atoms with van der Waals surface area (Å²) in [6.45, 7) is 4.04. The number of benzene rings is 2. The minimum absolute atomic E-state index is 0.217. The summed E-state index contributed by atoms with van der Waals surface area (Å²) in [5.74, 6) is 1.42. The zero-order chi connectivity index (χ0) is 21.7. The average molecular weight is 428 g/mol. The molecule has 2 aromatic carbocycles. The number of nitrogens with zero attached hydrogens (tertiary/aromatic N) is 4. The lowest BCUT2D eigenvalue weighted by molar-refractivity contribution is 0.549. The van der Waals surface area contributed by atoms with Crippen molar-refractivity contribution in [2.45, 2.75) is 13.0 Å². The molecule has 1 saturated heterocycles. The molecule has 5 nitrogen and oxygen atoms in total. The molecule has 6 rings (SSSR count). The van der Waals surface area contributed by atoms with Crippen LogP contribution < -0.4 is 10.2 Å². The highest BCUT2D eigenvalue weighted by atomic mass is 19.1. The Morgan fingerprint density at radius 3 is 2.81 bits per heavy atom. The van der Waals surface area contributed by atoms with Gasteiger partial charge in [-0.2, -0.15) is 0 Å². The molecule has 0 amide bonds. The lowest BCUT2D eigenvalue weighted by atomic mass is 10.1. The van der Waals surface area contributed by atoms with E-state index < -0.39 is 0 Å². The summed E-state index contributed by atoms with van der Waals surface area (Å²) >= 11 is 0. The first-order valence-electron chi connectivity index (χ1n) is 11.2. The minimum Gasteiger partial charge on any atom is -0.371 e. The normalized spacial score (nSPS) is 17.1. The number of fused-ring (bicyclic) bond motifs is 5. The molecule has 6 heteroatoms. The molecule has 0 aliphatic carbocycles. The van der Waals surface area contributed by atoms with Crippen molar-refractivity contribution in [2.75, 3.05) is 31.6 Å². The van der Waals surface area contributed by atoms with Gasteiger partial charge < -0.3 is 14.8 Å². The number of nitrogens with one attached hydrogen (secondary N) is 1. The highest BCUT2D eigenvalue weighted by molar-refractivity contribution is 5.72. The molecule has 0 unspecified atom stereocenters. The molecule has 0 radical (unpaired) electrons. The van der Waals surface area contributed by atoms with Gasteiger partial charge in [0.15, 0.2) is 5.82 Å². The molecule has 2 aromatic heterocycles. The van der Waals surface area contributed by atoms with Gasteiger partial charge in [-0.15, -0.1) is 0 Å². The standard InChI is InChI=1S/C26H26FN5/c1-28-14-18-8-10-30(15-18)23-6-7-24-21(12-23)17-31-16-20(19-2-4-22(27)5-3-19)13-25(31)26-29-9-11-32(24)26/h2-7,9,11-13,16,18,28H,8,10,14-15,17H2,1H3/t18-/m1/s1. The fourth-order valence-electron chi connectivity index (χ4n) is 5.15. The van der Waals surface area contributed by atoms with E-state index in [1.807, 2.05) is 31.6 Å². The Balaban J connectivity index is 1.39. The molecular weight excluding hydrogens is 401 g/mol. The second-order valence-corrected chi connectivity index (χ2v) is 8.84. The number of rotatable bonds is 4. The topological polar surface area (TPSA) is 38.0 Å². The van der Waals surface area contributed by atoms with E-state index in [9.17, 15) is 4.39 Å². The molecule has 1 fully saturated rings. The number of halogens is 1. The number of aromatic nitrogens is 3. The molecule has 4 heterocycles. The van der Waals surface area contributed by atoms with Crippen LogP contribution in [0.2, 0.25) is 0 Å². The lowest BCUT2D eigenvalue weighted by Crippen LogP contribution is -2.24. The van der Waals surface area contributed by atoms with Gasteiger partial charge in [-0.1, -0.05) is 12.1 Å². The van der Waals surface area contributed by atoms with Crippen LogP contribution in [0.25, 0.3) is 28.3 Å². The smallest absolute Gasteiger partial charge is 0.161 e. The monoisotopic (exact) mass is 427 g/mol. The summed E-state index contributed by atoms with van der Waals surface area (Å²) in [7, 11) is 2.03. The zero-order valence-electron chi connectivity index (χ0n) is 18.1. The zero-order valence-corrected chi connectivity index (χ0v) is 18.1. The van der Waals surface area contributed by atoms with Gasteiger partial charge in [0, 0.05) is 49.5 Å². The summed E-state index contributed by atoms with van der Waals surface area (Å²) < 4.78 is 17.9. The maximum absolute atomic E-state index is 13.4. The third kappa shape index (κ3) is 3.22. The van der Waals surface area contributed by atoms with E-state index in [2.05, 4.69) is 54.8 Å². The molecule has 2 aliphatic rings. The summed E-state index contributed by atoms with van der Waals surface area (Å²) in [4.78, 5) is 7.18. The minimum atomic E-state index is -0.217. The Morgan fingerprint density at radius 2 is 1.97 bits per heavy atom. The Hall–Kier alpha value is -3.38. The molecule has 0 bridgehead atoms. The first-order valence-corrected chi connectivity index (χ1v) is 11.2. The van der Waals surface area contributed by atoms with Crippen LogP contribution in [0.15, 0.2) is 67.1 Å². The Morgan fingerprint density at radius 1 is 1.09 bits per heavy atom. The van der Waals surface area contributed by atoms with E-state index >= 15 is 0 Å². The molecule has 1 N–H and O–H groups in total. The quantitative estimate of drug-likeness (QED) is 0.457. The third-order valence-corrected chi connectivity index (χ3v) is 6.75. The first kappa shape index (κ1) is 19.3. The second kappa shape index (κ2) is 7.64. The molecule has 0 saturated carbocycles. The molecular formula is C26H26FN5. The van der Waals surface area contributed by atoms with Crippen LogP contribution in [0.3, 0.4) is 0 Å². The van der Waals surface area contributed by atoms with Crippen LogP contribution in [0.1, 0.15) is 12.0 Å². The SMILES string of the molecule is CNC[C@H]1CCN(c2ccc3c(c2)Cn2cc(-c4ccc(F)cc4)cc2-c2nccn2-3)C1. The largest absolute Gasteiger partial charge is 0.371 e. The number of imidazole rings is 1. The summed E-state index contributed by atoms with van der Waals surface area (Å²) in [6, 6.07) is 15.7. The Kier molecular flexibility index (Phi) is 4.61. The van der Waals surface area contributed by atoms with Crippen LogP contribution in [-0.2, 0) is 6.54 Å². The van der Waals surface area contributed by atoms with Gasteiger partial charge in [0.05, 0.1) is 11.4 Å². The molecule has 1 atom stereocenters. The van der Waals surface area contributed by atoms with Crippen LogP contribution >= 0.6 is 0 Å². The molecule has 4 aromatic rings. The van der Waals surface area contributed by atoms with E-state index in [1.54, 1.807) is 0 Å². The predicted octanol–water partition coefficient (Wildman–Crippen LogP) is 4.55. The number of anilines is 1. The van der Waals surface area contributed by atoms with Crippen molar-refractivity contribution in [3.05, 3.63) is 78.5 Å². The fraction of sp³-hybridized carbons (Fsp3) is 0.269. The summed E-state index contributed by atoms with van der Waals surface area (Å²) in [5.41, 5.74) is 6.90. The lowest BCUT2D eigenvalue weighted by Gasteiger charge is -2.21. The first-order chi connectivity index (χ1) is 15.7. The number of hydrogen-bond acceptors (Lipinski definition) is 3. The van der Waals surface area contributed by atoms with Crippen molar-refractivity contribution in [3.8, 4) is 28.3 Å². The Labute approximate surface area is 187 Å². The van der Waals surface area contributed by atoms with Crippen molar-refractivity contribution in [1.82, 2.24) is 19.4 Å². The van der Waals surface area contributed by atoms with Crippen LogP contribution in [0.5, 0.6) is 0 Å². The fourth-order valence-corrected chi connectivity index (χ4v) is 5.15. The van der Waals surface area contributed by atoms with E-state index in [-0.39, 0.29) is 5.82 Å². The average Bonchev–Trinajstić information content (AvgIpc) is 3.53. The van der Waals surface area contributed by atoms with Gasteiger partial charge in [-0.3, -0.25) is 4.57 Å². The van der Waals surface area contributed by atoms with Crippen LogP contribution in [0.4, 0.5) is 10.1 Å². The highest BCUT2D eigenvalue weighted by Gasteiger charge is 2.25. The van der Waals surface area contributed by atoms with Crippen molar-refractivity contribution >= 4 is 5.69 Å². The van der Waals surface area contributed by atoms with Crippen molar-refractivity contribution in [3.63, 3.8) is 0 Å². The van der Waals surface area contributed by atoms with E-state index in [0.717, 1.165) is 48.8 Å². The molecule has 2 aliphatic heterocycles. The van der Waals surface area contributed by atoms with E-state index in [4.69, 9.17) is 0 Å². The van der Waals surface area contributed by atoms with Crippen molar-refractivity contribution in [1.29, 1.82) is 0 Å². The van der Waals surface area contributed by atoms with Gasteiger partial charge in [-0.05, 0) is 73.5 Å². The third-order valence-electron chi connectivity index (χ3n) is 6.75. The second-order valence-electron chi connectivity index (χ2n) is 8.84. The predicted molar refractivity (Wildman–Crippen MR) is 126 cm³/mol.